The second kappa shape index (κ2) is 6.49. The van der Waals surface area contributed by atoms with Gasteiger partial charge in [-0.25, -0.2) is 0 Å². The molecule has 4 rings (SSSR count). The fraction of sp³-hybridized carbons (Fsp3) is 0.316. The minimum atomic E-state index is 0.208. The number of fused-ring (bicyclic) bond motifs is 2. The molecular weight excluding hydrogens is 318 g/mol. The maximum Gasteiger partial charge on any atom is 0.242 e. The van der Waals surface area contributed by atoms with E-state index in [0.717, 1.165) is 37.6 Å². The number of piperazine rings is 1. The van der Waals surface area contributed by atoms with E-state index in [1.54, 1.807) is 11.8 Å². The number of nitrogens with zero attached hydrogens (tertiary/aromatic N) is 3. The van der Waals surface area contributed by atoms with Crippen molar-refractivity contribution in [2.75, 3.05) is 44.7 Å². The third-order valence-electron chi connectivity index (χ3n) is 4.68. The Morgan fingerprint density at radius 3 is 2.04 bits per heavy atom. The molecule has 0 saturated carbocycles. The van der Waals surface area contributed by atoms with Crippen LogP contribution < -0.4 is 4.90 Å². The molecule has 2 aromatic carbocycles. The summed E-state index contributed by atoms with van der Waals surface area (Å²) < 4.78 is 0. The van der Waals surface area contributed by atoms with Crippen LogP contribution in [-0.4, -0.2) is 55.5 Å². The number of carbonyl (C=O) groups excluding carboxylic acids is 1. The van der Waals surface area contributed by atoms with Gasteiger partial charge in [0.1, 0.15) is 6.54 Å². The summed E-state index contributed by atoms with van der Waals surface area (Å²) in [5.41, 5.74) is 2.26. The Morgan fingerprint density at radius 2 is 1.46 bits per heavy atom. The van der Waals surface area contributed by atoms with E-state index < -0.39 is 0 Å². The Balaban J connectivity index is 1.61. The van der Waals surface area contributed by atoms with E-state index in [1.165, 1.54) is 9.79 Å². The number of para-hydroxylation sites is 2. The van der Waals surface area contributed by atoms with Crippen LogP contribution in [0.5, 0.6) is 0 Å². The molecule has 2 aliphatic heterocycles. The number of benzene rings is 2. The van der Waals surface area contributed by atoms with Gasteiger partial charge in [0.2, 0.25) is 5.91 Å². The number of rotatable bonds is 2. The Morgan fingerprint density at radius 1 is 0.917 bits per heavy atom. The number of carbonyl (C=O) groups is 1. The maximum atomic E-state index is 12.9. The summed E-state index contributed by atoms with van der Waals surface area (Å²) in [6.45, 7) is 3.95. The van der Waals surface area contributed by atoms with Crippen LogP contribution in [-0.2, 0) is 4.79 Å². The Bertz CT molecular complexity index is 710. The molecule has 2 heterocycles. The smallest absolute Gasteiger partial charge is 0.242 e. The highest BCUT2D eigenvalue weighted by atomic mass is 32.2. The fourth-order valence-corrected chi connectivity index (χ4v) is 4.34. The van der Waals surface area contributed by atoms with Gasteiger partial charge in [-0.3, -0.25) is 4.79 Å². The third-order valence-corrected chi connectivity index (χ3v) is 5.81. The number of anilines is 2. The van der Waals surface area contributed by atoms with Crippen LogP contribution >= 0.6 is 11.8 Å². The largest absolute Gasteiger partial charge is 0.339 e. The van der Waals surface area contributed by atoms with Crippen molar-refractivity contribution in [3.8, 4) is 0 Å². The van der Waals surface area contributed by atoms with Crippen LogP contribution in [0, 0.1) is 0 Å². The standard InChI is InChI=1S/C19H21N3OS/c1-20-10-12-21(13-11-20)19(23)14-22-15-6-2-4-8-17(15)24-18-9-5-3-7-16(18)22/h2-9H,10-14H2,1H3. The van der Waals surface area contributed by atoms with Gasteiger partial charge < -0.3 is 14.7 Å². The molecule has 1 amide bonds. The predicted molar refractivity (Wildman–Crippen MR) is 98.1 cm³/mol. The van der Waals surface area contributed by atoms with E-state index >= 15 is 0 Å². The molecular formula is C19H21N3OS. The van der Waals surface area contributed by atoms with E-state index in [2.05, 4.69) is 53.2 Å². The lowest BCUT2D eigenvalue weighted by molar-refractivity contribution is -0.131. The summed E-state index contributed by atoms with van der Waals surface area (Å²) in [4.78, 5) is 21.7. The molecule has 0 aliphatic carbocycles. The summed E-state index contributed by atoms with van der Waals surface area (Å²) in [5.74, 6) is 0.208. The molecule has 4 nitrogen and oxygen atoms in total. The van der Waals surface area contributed by atoms with Crippen molar-refractivity contribution in [1.29, 1.82) is 0 Å². The summed E-state index contributed by atoms with van der Waals surface area (Å²) >= 11 is 1.78. The molecule has 2 aromatic rings. The molecule has 1 fully saturated rings. The van der Waals surface area contributed by atoms with E-state index in [-0.39, 0.29) is 5.91 Å². The van der Waals surface area contributed by atoms with E-state index in [0.29, 0.717) is 6.54 Å². The van der Waals surface area contributed by atoms with Crippen molar-refractivity contribution < 1.29 is 4.79 Å². The van der Waals surface area contributed by atoms with Gasteiger partial charge in [-0.1, -0.05) is 36.0 Å². The minimum absolute atomic E-state index is 0.208. The molecule has 0 unspecified atom stereocenters. The highest BCUT2D eigenvalue weighted by Gasteiger charge is 2.27. The van der Waals surface area contributed by atoms with Gasteiger partial charge in [-0.15, -0.1) is 0 Å². The molecule has 0 N–H and O–H groups in total. The molecule has 1 saturated heterocycles. The van der Waals surface area contributed by atoms with Crippen molar-refractivity contribution in [3.05, 3.63) is 48.5 Å². The molecule has 0 spiro atoms. The first-order valence-electron chi connectivity index (χ1n) is 8.32. The molecule has 0 atom stereocenters. The number of amides is 1. The average molecular weight is 339 g/mol. The van der Waals surface area contributed by atoms with Gasteiger partial charge in [0.25, 0.3) is 0 Å². The number of hydrogen-bond donors (Lipinski definition) is 0. The lowest BCUT2D eigenvalue weighted by Crippen LogP contribution is -2.49. The molecule has 5 heteroatoms. The fourth-order valence-electron chi connectivity index (χ4n) is 3.24. The summed E-state index contributed by atoms with van der Waals surface area (Å²) in [6, 6.07) is 16.7. The van der Waals surface area contributed by atoms with Crippen LogP contribution in [0.3, 0.4) is 0 Å². The molecule has 0 bridgehead atoms. The molecule has 0 radical (unpaired) electrons. The molecule has 124 valence electrons. The maximum absolute atomic E-state index is 12.9. The third kappa shape index (κ3) is 2.89. The van der Waals surface area contributed by atoms with Crippen LogP contribution in [0.25, 0.3) is 0 Å². The predicted octanol–water partition coefficient (Wildman–Crippen LogP) is 3.06. The first-order chi connectivity index (χ1) is 11.7. The second-order valence-electron chi connectivity index (χ2n) is 6.31. The Labute approximate surface area is 147 Å². The molecule has 0 aromatic heterocycles. The number of likely N-dealkylation sites (N-methyl/N-ethyl adjacent to an activating group) is 1. The summed E-state index contributed by atoms with van der Waals surface area (Å²) in [6.07, 6.45) is 0. The van der Waals surface area contributed by atoms with Crippen molar-refractivity contribution in [1.82, 2.24) is 9.80 Å². The van der Waals surface area contributed by atoms with Crippen LogP contribution in [0.1, 0.15) is 0 Å². The molecule has 24 heavy (non-hydrogen) atoms. The van der Waals surface area contributed by atoms with Gasteiger partial charge >= 0.3 is 0 Å². The number of hydrogen-bond acceptors (Lipinski definition) is 4. The lowest BCUT2D eigenvalue weighted by atomic mass is 10.2. The van der Waals surface area contributed by atoms with E-state index in [1.807, 2.05) is 17.0 Å². The normalized spacial score (nSPS) is 17.4. The average Bonchev–Trinajstić information content (AvgIpc) is 2.62. The van der Waals surface area contributed by atoms with Crippen LogP contribution in [0.15, 0.2) is 58.3 Å². The second-order valence-corrected chi connectivity index (χ2v) is 7.39. The van der Waals surface area contributed by atoms with Crippen molar-refractivity contribution >= 4 is 29.0 Å². The van der Waals surface area contributed by atoms with Crippen molar-refractivity contribution in [2.24, 2.45) is 0 Å². The zero-order valence-corrected chi connectivity index (χ0v) is 14.6. The van der Waals surface area contributed by atoms with Gasteiger partial charge in [-0.05, 0) is 31.3 Å². The van der Waals surface area contributed by atoms with Crippen molar-refractivity contribution in [2.45, 2.75) is 9.79 Å². The zero-order valence-electron chi connectivity index (χ0n) is 13.8. The van der Waals surface area contributed by atoms with Crippen molar-refractivity contribution in [3.63, 3.8) is 0 Å². The summed E-state index contributed by atoms with van der Waals surface area (Å²) in [7, 11) is 2.11. The van der Waals surface area contributed by atoms with Gasteiger partial charge in [0.15, 0.2) is 0 Å². The van der Waals surface area contributed by atoms with E-state index in [4.69, 9.17) is 0 Å². The quantitative estimate of drug-likeness (QED) is 0.840. The van der Waals surface area contributed by atoms with Gasteiger partial charge in [0, 0.05) is 36.0 Å². The Hall–Kier alpha value is -1.98. The Kier molecular flexibility index (Phi) is 4.21. The van der Waals surface area contributed by atoms with E-state index in [9.17, 15) is 4.79 Å². The summed E-state index contributed by atoms with van der Waals surface area (Å²) in [5, 5.41) is 0. The first kappa shape index (κ1) is 15.5. The monoisotopic (exact) mass is 339 g/mol. The molecule has 2 aliphatic rings. The first-order valence-corrected chi connectivity index (χ1v) is 9.14. The SMILES string of the molecule is CN1CCN(C(=O)CN2c3ccccc3Sc3ccccc32)CC1. The van der Waals surface area contributed by atoms with Gasteiger partial charge in [0.05, 0.1) is 11.4 Å². The van der Waals surface area contributed by atoms with Gasteiger partial charge in [-0.2, -0.15) is 0 Å². The van der Waals surface area contributed by atoms with Crippen LogP contribution in [0.4, 0.5) is 11.4 Å². The highest BCUT2D eigenvalue weighted by Crippen LogP contribution is 2.47. The minimum Gasteiger partial charge on any atom is -0.339 e. The lowest BCUT2D eigenvalue weighted by Gasteiger charge is -2.36. The van der Waals surface area contributed by atoms with Crippen LogP contribution in [0.2, 0.25) is 0 Å². The highest BCUT2D eigenvalue weighted by molar-refractivity contribution is 7.99. The zero-order chi connectivity index (χ0) is 16.5. The topological polar surface area (TPSA) is 26.8 Å².